The van der Waals surface area contributed by atoms with Crippen LogP contribution in [0.2, 0.25) is 5.28 Å². The van der Waals surface area contributed by atoms with Gasteiger partial charge in [-0.2, -0.15) is 0 Å². The Morgan fingerprint density at radius 1 is 1.21 bits per heavy atom. The van der Waals surface area contributed by atoms with Crippen molar-refractivity contribution in [3.8, 4) is 11.3 Å². The molecular formula is C20H22ClFN2O4. The van der Waals surface area contributed by atoms with Crippen LogP contribution in [0.3, 0.4) is 0 Å². The van der Waals surface area contributed by atoms with Gasteiger partial charge in [0.1, 0.15) is 5.82 Å². The van der Waals surface area contributed by atoms with Gasteiger partial charge in [0.2, 0.25) is 5.28 Å². The van der Waals surface area contributed by atoms with Gasteiger partial charge in [0, 0.05) is 17.5 Å². The molecule has 2 rings (SSSR count). The number of carboxylic acids is 1. The third kappa shape index (κ3) is 6.09. The number of carbonyl (C=O) groups is 1. The fourth-order valence-electron chi connectivity index (χ4n) is 2.74. The lowest BCUT2D eigenvalue weighted by Gasteiger charge is -2.15. The van der Waals surface area contributed by atoms with Crippen molar-refractivity contribution in [3.63, 3.8) is 0 Å². The fourth-order valence-corrected chi connectivity index (χ4v) is 2.92. The molecule has 0 spiro atoms. The Bertz CT molecular complexity index is 856. The average Bonchev–Trinajstić information content (AvgIpc) is 2.59. The first-order chi connectivity index (χ1) is 13.2. The number of aliphatic carboxylic acids is 1. The molecule has 1 aromatic carbocycles. The van der Waals surface area contributed by atoms with E-state index in [1.807, 2.05) is 13.8 Å². The average molecular weight is 409 g/mol. The van der Waals surface area contributed by atoms with Crippen molar-refractivity contribution in [2.24, 2.45) is 0 Å². The topological polar surface area (TPSA) is 104 Å². The van der Waals surface area contributed by atoms with Crippen LogP contribution in [0.25, 0.3) is 17.3 Å². The molecule has 0 unspecified atom stereocenters. The summed E-state index contributed by atoms with van der Waals surface area (Å²) in [6.07, 6.45) is 0.248. The minimum Gasteiger partial charge on any atom is -0.481 e. The zero-order valence-corrected chi connectivity index (χ0v) is 16.3. The summed E-state index contributed by atoms with van der Waals surface area (Å²) in [6.45, 7) is 3.86. The van der Waals surface area contributed by atoms with Crippen molar-refractivity contribution >= 4 is 23.6 Å². The van der Waals surface area contributed by atoms with Crippen molar-refractivity contribution in [2.45, 2.75) is 44.8 Å². The molecule has 0 aliphatic heterocycles. The van der Waals surface area contributed by atoms with E-state index >= 15 is 0 Å². The van der Waals surface area contributed by atoms with Crippen LogP contribution in [0, 0.1) is 5.82 Å². The molecule has 0 amide bonds. The van der Waals surface area contributed by atoms with Crippen LogP contribution in [0.1, 0.15) is 43.9 Å². The van der Waals surface area contributed by atoms with Gasteiger partial charge < -0.3 is 15.3 Å². The number of aromatic nitrogens is 2. The third-order valence-corrected chi connectivity index (χ3v) is 4.19. The van der Waals surface area contributed by atoms with Crippen LogP contribution >= 0.6 is 11.6 Å². The molecule has 28 heavy (non-hydrogen) atoms. The highest BCUT2D eigenvalue weighted by molar-refractivity contribution is 6.28. The SMILES string of the molecule is CC(C)c1nc(Cl)nc(-c2ccc(F)cc2)c1/C=C/[C@@H](O)C[C@@H](O)CC(=O)O. The van der Waals surface area contributed by atoms with Crippen LogP contribution in [0.4, 0.5) is 4.39 Å². The molecule has 0 saturated carbocycles. The second-order valence-electron chi connectivity index (χ2n) is 6.72. The quantitative estimate of drug-likeness (QED) is 0.576. The van der Waals surface area contributed by atoms with Gasteiger partial charge in [-0.05, 0) is 41.8 Å². The summed E-state index contributed by atoms with van der Waals surface area (Å²) >= 11 is 6.07. The molecular weight excluding hydrogens is 387 g/mol. The molecule has 0 aliphatic rings. The van der Waals surface area contributed by atoms with Crippen molar-refractivity contribution in [2.75, 3.05) is 0 Å². The fraction of sp³-hybridized carbons (Fsp3) is 0.350. The minimum atomic E-state index is -1.17. The molecule has 8 heteroatoms. The summed E-state index contributed by atoms with van der Waals surface area (Å²) in [4.78, 5) is 19.2. The van der Waals surface area contributed by atoms with E-state index in [1.54, 1.807) is 18.2 Å². The Morgan fingerprint density at radius 2 is 1.86 bits per heavy atom. The number of rotatable bonds is 8. The van der Waals surface area contributed by atoms with Crippen molar-refractivity contribution in [1.82, 2.24) is 9.97 Å². The number of hydrogen-bond donors (Lipinski definition) is 3. The number of nitrogens with zero attached hydrogens (tertiary/aromatic N) is 2. The highest BCUT2D eigenvalue weighted by Crippen LogP contribution is 2.30. The molecule has 0 aliphatic carbocycles. The Hall–Kier alpha value is -2.35. The molecule has 2 aromatic rings. The zero-order chi connectivity index (χ0) is 20.8. The van der Waals surface area contributed by atoms with Gasteiger partial charge in [-0.25, -0.2) is 14.4 Å². The molecule has 0 radical (unpaired) electrons. The Labute approximate surface area is 167 Å². The van der Waals surface area contributed by atoms with E-state index in [0.29, 0.717) is 22.5 Å². The molecule has 0 fully saturated rings. The number of hydrogen-bond acceptors (Lipinski definition) is 5. The predicted molar refractivity (Wildman–Crippen MR) is 104 cm³/mol. The lowest BCUT2D eigenvalue weighted by molar-refractivity contribution is -0.139. The van der Waals surface area contributed by atoms with E-state index < -0.39 is 24.6 Å². The summed E-state index contributed by atoms with van der Waals surface area (Å²) in [5, 5.41) is 28.5. The first kappa shape index (κ1) is 21.9. The highest BCUT2D eigenvalue weighted by Gasteiger charge is 2.17. The molecule has 2 atom stereocenters. The van der Waals surface area contributed by atoms with Crippen LogP contribution < -0.4 is 0 Å². The maximum absolute atomic E-state index is 13.3. The predicted octanol–water partition coefficient (Wildman–Crippen LogP) is 3.66. The molecule has 1 aromatic heterocycles. The monoisotopic (exact) mass is 408 g/mol. The van der Waals surface area contributed by atoms with Gasteiger partial charge in [-0.15, -0.1) is 0 Å². The summed E-state index contributed by atoms with van der Waals surface area (Å²) in [5.41, 5.74) is 2.37. The second-order valence-corrected chi connectivity index (χ2v) is 7.05. The molecule has 150 valence electrons. The zero-order valence-electron chi connectivity index (χ0n) is 15.5. The number of halogens is 2. The highest BCUT2D eigenvalue weighted by atomic mass is 35.5. The third-order valence-electron chi connectivity index (χ3n) is 4.02. The first-order valence-electron chi connectivity index (χ1n) is 8.76. The summed E-state index contributed by atoms with van der Waals surface area (Å²) < 4.78 is 13.3. The van der Waals surface area contributed by atoms with E-state index in [2.05, 4.69) is 9.97 Å². The molecule has 6 nitrogen and oxygen atoms in total. The van der Waals surface area contributed by atoms with E-state index in [9.17, 15) is 19.4 Å². The number of benzene rings is 1. The molecule has 0 saturated heterocycles. The number of aliphatic hydroxyl groups is 2. The number of aliphatic hydroxyl groups excluding tert-OH is 2. The molecule has 3 N–H and O–H groups in total. The lowest BCUT2D eigenvalue weighted by Crippen LogP contribution is -2.19. The van der Waals surface area contributed by atoms with Gasteiger partial charge in [-0.3, -0.25) is 4.79 Å². The second kappa shape index (κ2) is 9.73. The van der Waals surface area contributed by atoms with Gasteiger partial charge in [0.25, 0.3) is 0 Å². The van der Waals surface area contributed by atoms with Crippen molar-refractivity contribution in [3.05, 3.63) is 52.7 Å². The Kier molecular flexibility index (Phi) is 7.62. The normalized spacial score (nSPS) is 13.8. The van der Waals surface area contributed by atoms with Crippen molar-refractivity contribution < 1.29 is 24.5 Å². The largest absolute Gasteiger partial charge is 0.481 e. The van der Waals surface area contributed by atoms with Gasteiger partial charge in [0.05, 0.1) is 30.0 Å². The Morgan fingerprint density at radius 3 is 2.43 bits per heavy atom. The van der Waals surface area contributed by atoms with E-state index in [1.165, 1.54) is 18.2 Å². The first-order valence-corrected chi connectivity index (χ1v) is 9.14. The smallest absolute Gasteiger partial charge is 0.305 e. The van der Waals surface area contributed by atoms with Gasteiger partial charge in [0.15, 0.2) is 0 Å². The van der Waals surface area contributed by atoms with Crippen LogP contribution in [0.15, 0.2) is 30.3 Å². The van der Waals surface area contributed by atoms with Gasteiger partial charge >= 0.3 is 5.97 Å². The van der Waals surface area contributed by atoms with Crippen LogP contribution in [-0.4, -0.2) is 43.5 Å². The molecule has 0 bridgehead atoms. The summed E-state index contributed by atoms with van der Waals surface area (Å²) in [6, 6.07) is 5.76. The van der Waals surface area contributed by atoms with Crippen LogP contribution in [0.5, 0.6) is 0 Å². The van der Waals surface area contributed by atoms with Gasteiger partial charge in [-0.1, -0.05) is 26.0 Å². The lowest BCUT2D eigenvalue weighted by atomic mass is 9.97. The summed E-state index contributed by atoms with van der Waals surface area (Å²) in [5.74, 6) is -1.53. The van der Waals surface area contributed by atoms with E-state index in [-0.39, 0.29) is 23.4 Å². The van der Waals surface area contributed by atoms with Crippen LogP contribution in [-0.2, 0) is 4.79 Å². The van der Waals surface area contributed by atoms with E-state index in [4.69, 9.17) is 16.7 Å². The summed E-state index contributed by atoms with van der Waals surface area (Å²) in [7, 11) is 0. The minimum absolute atomic E-state index is 0.00547. The Balaban J connectivity index is 2.40. The van der Waals surface area contributed by atoms with E-state index in [0.717, 1.165) is 0 Å². The maximum Gasteiger partial charge on any atom is 0.305 e. The number of carboxylic acid groups (broad SMARTS) is 1. The molecule has 1 heterocycles. The maximum atomic E-state index is 13.3. The standard InChI is InChI=1S/C20H22ClFN2O4/c1-11(2)18-16(8-7-14(25)9-15(26)10-17(27)28)19(24-20(21)23-18)12-3-5-13(22)6-4-12/h3-8,11,14-15,25-26H,9-10H2,1-2H3,(H,27,28)/b8-7+/t14-,15-/m1/s1. The van der Waals surface area contributed by atoms with Crippen molar-refractivity contribution in [1.29, 1.82) is 0 Å².